The number of alkyl halides is 6. The standard InChI is InChI=1S/C21H21F3N2O2.C2HF3O2/c22-21(23,24)15-8-7-14-4-3-10-26(18(14)12-15)20(27)13-25-17-9-11-28-19-6-2-1-5-16(17)19;3-2(4,5)1(6)7/h1-2,5-8,12,17,25H,3-4,9-11,13H2;(H,6,7)/t17-;/m0./s1. The van der Waals surface area contributed by atoms with Gasteiger partial charge in [0.05, 0.1) is 18.7 Å². The van der Waals surface area contributed by atoms with Crippen molar-refractivity contribution in [2.45, 2.75) is 37.7 Å². The average molecular weight is 504 g/mol. The summed E-state index contributed by atoms with van der Waals surface area (Å²) in [5.41, 5.74) is 1.43. The van der Waals surface area contributed by atoms with Crippen LogP contribution in [0.15, 0.2) is 42.5 Å². The number of para-hydroxylation sites is 1. The van der Waals surface area contributed by atoms with Gasteiger partial charge in [-0.25, -0.2) is 4.79 Å². The number of carbonyl (C=O) groups is 2. The fourth-order valence-electron chi connectivity index (χ4n) is 3.87. The topological polar surface area (TPSA) is 78.9 Å². The Labute approximate surface area is 196 Å². The van der Waals surface area contributed by atoms with Crippen molar-refractivity contribution < 1.29 is 45.8 Å². The predicted molar refractivity (Wildman–Crippen MR) is 113 cm³/mol. The lowest BCUT2D eigenvalue weighted by atomic mass is 9.98. The van der Waals surface area contributed by atoms with Gasteiger partial charge in [0, 0.05) is 30.3 Å². The van der Waals surface area contributed by atoms with E-state index in [1.165, 1.54) is 11.0 Å². The molecule has 6 nitrogen and oxygen atoms in total. The van der Waals surface area contributed by atoms with Crippen LogP contribution in [0.1, 0.15) is 35.6 Å². The lowest BCUT2D eigenvalue weighted by Gasteiger charge is -2.32. The molecule has 0 saturated carbocycles. The van der Waals surface area contributed by atoms with Gasteiger partial charge in [-0.2, -0.15) is 26.3 Å². The molecule has 2 N–H and O–H groups in total. The van der Waals surface area contributed by atoms with Crippen molar-refractivity contribution in [2.24, 2.45) is 0 Å². The van der Waals surface area contributed by atoms with Gasteiger partial charge in [0.2, 0.25) is 5.91 Å². The van der Waals surface area contributed by atoms with E-state index in [0.29, 0.717) is 25.3 Å². The van der Waals surface area contributed by atoms with Crippen molar-refractivity contribution in [2.75, 3.05) is 24.6 Å². The van der Waals surface area contributed by atoms with Gasteiger partial charge in [-0.3, -0.25) is 4.79 Å². The van der Waals surface area contributed by atoms with Gasteiger partial charge in [0.25, 0.3) is 0 Å². The highest BCUT2D eigenvalue weighted by Gasteiger charge is 2.38. The Morgan fingerprint density at radius 3 is 2.43 bits per heavy atom. The molecule has 0 saturated heterocycles. The molecule has 0 unspecified atom stereocenters. The second kappa shape index (κ2) is 10.5. The van der Waals surface area contributed by atoms with Crippen molar-refractivity contribution in [1.29, 1.82) is 0 Å². The molecule has 1 amide bonds. The summed E-state index contributed by atoms with van der Waals surface area (Å²) in [4.78, 5) is 23.2. The number of fused-ring (bicyclic) bond motifs is 2. The molecule has 190 valence electrons. The first-order chi connectivity index (χ1) is 16.4. The smallest absolute Gasteiger partial charge is 0.490 e. The van der Waals surface area contributed by atoms with E-state index in [0.717, 1.165) is 41.9 Å². The molecule has 0 aliphatic carbocycles. The van der Waals surface area contributed by atoms with Crippen LogP contribution in [-0.4, -0.2) is 42.9 Å². The van der Waals surface area contributed by atoms with Gasteiger partial charge in [-0.15, -0.1) is 0 Å². The molecule has 2 heterocycles. The molecule has 2 aromatic carbocycles. The molecule has 0 radical (unpaired) electrons. The molecular weight excluding hydrogens is 482 g/mol. The fourth-order valence-corrected chi connectivity index (χ4v) is 3.87. The first kappa shape index (κ1) is 26.3. The van der Waals surface area contributed by atoms with Crippen molar-refractivity contribution in [3.8, 4) is 5.75 Å². The van der Waals surface area contributed by atoms with E-state index >= 15 is 0 Å². The van der Waals surface area contributed by atoms with E-state index < -0.39 is 23.9 Å². The van der Waals surface area contributed by atoms with Gasteiger partial charge in [-0.1, -0.05) is 24.3 Å². The van der Waals surface area contributed by atoms with Gasteiger partial charge in [0.15, 0.2) is 0 Å². The Morgan fingerprint density at radius 1 is 1.09 bits per heavy atom. The first-order valence-corrected chi connectivity index (χ1v) is 10.6. The van der Waals surface area contributed by atoms with Crippen LogP contribution in [0.25, 0.3) is 0 Å². The van der Waals surface area contributed by atoms with Gasteiger partial charge in [0.1, 0.15) is 5.75 Å². The summed E-state index contributed by atoms with van der Waals surface area (Å²) in [5.74, 6) is -2.17. The lowest BCUT2D eigenvalue weighted by molar-refractivity contribution is -0.192. The summed E-state index contributed by atoms with van der Waals surface area (Å²) < 4.78 is 76.6. The summed E-state index contributed by atoms with van der Waals surface area (Å²) >= 11 is 0. The maximum Gasteiger partial charge on any atom is 0.490 e. The number of benzene rings is 2. The van der Waals surface area contributed by atoms with Crippen LogP contribution in [0.4, 0.5) is 32.0 Å². The summed E-state index contributed by atoms with van der Waals surface area (Å²) in [7, 11) is 0. The van der Waals surface area contributed by atoms with Crippen LogP contribution in [0.2, 0.25) is 0 Å². The highest BCUT2D eigenvalue weighted by molar-refractivity contribution is 5.96. The molecule has 0 spiro atoms. The van der Waals surface area contributed by atoms with Crippen LogP contribution >= 0.6 is 0 Å². The molecule has 0 bridgehead atoms. The SMILES string of the molecule is O=C(CN[C@H]1CCOc2ccccc21)N1CCCc2ccc(C(F)(F)F)cc21.O=C(O)C(F)(F)F. The molecule has 35 heavy (non-hydrogen) atoms. The highest BCUT2D eigenvalue weighted by Crippen LogP contribution is 2.36. The minimum absolute atomic E-state index is 0.0142. The Balaban J connectivity index is 0.000000429. The monoisotopic (exact) mass is 504 g/mol. The van der Waals surface area contributed by atoms with Gasteiger partial charge < -0.3 is 20.1 Å². The number of aliphatic carboxylic acids is 1. The van der Waals surface area contributed by atoms with Crippen molar-refractivity contribution in [3.63, 3.8) is 0 Å². The molecule has 2 aromatic rings. The van der Waals surface area contributed by atoms with E-state index in [1.54, 1.807) is 0 Å². The Hall–Kier alpha value is -3.28. The number of ether oxygens (including phenoxy) is 1. The summed E-state index contributed by atoms with van der Waals surface area (Å²) in [6.07, 6.45) is -7.35. The Morgan fingerprint density at radius 2 is 1.77 bits per heavy atom. The minimum Gasteiger partial charge on any atom is -0.493 e. The summed E-state index contributed by atoms with van der Waals surface area (Å²) in [6.45, 7) is 1.05. The van der Waals surface area contributed by atoms with Crippen LogP contribution in [0, 0.1) is 0 Å². The van der Waals surface area contributed by atoms with Crippen LogP contribution in [-0.2, 0) is 22.2 Å². The molecule has 4 rings (SSSR count). The van der Waals surface area contributed by atoms with E-state index in [1.807, 2.05) is 24.3 Å². The number of nitrogens with zero attached hydrogens (tertiary/aromatic N) is 1. The van der Waals surface area contributed by atoms with E-state index in [4.69, 9.17) is 14.6 Å². The van der Waals surface area contributed by atoms with Crippen molar-refractivity contribution in [1.82, 2.24) is 5.32 Å². The number of amides is 1. The zero-order chi connectivity index (χ0) is 25.8. The average Bonchev–Trinajstić information content (AvgIpc) is 2.81. The zero-order valence-corrected chi connectivity index (χ0v) is 18.2. The van der Waals surface area contributed by atoms with Crippen molar-refractivity contribution in [3.05, 3.63) is 59.2 Å². The maximum absolute atomic E-state index is 13.1. The molecule has 0 aromatic heterocycles. The van der Waals surface area contributed by atoms with E-state index in [2.05, 4.69) is 5.32 Å². The van der Waals surface area contributed by atoms with Gasteiger partial charge >= 0.3 is 18.3 Å². The molecule has 12 heteroatoms. The molecule has 2 aliphatic rings. The molecular formula is C23H22F6N2O4. The normalized spacial score (nSPS) is 17.3. The largest absolute Gasteiger partial charge is 0.493 e. The number of halogens is 6. The molecule has 0 fully saturated rings. The minimum atomic E-state index is -5.08. The Kier molecular flexibility index (Phi) is 7.93. The van der Waals surface area contributed by atoms with E-state index in [-0.39, 0.29) is 18.5 Å². The third-order valence-electron chi connectivity index (χ3n) is 5.53. The quantitative estimate of drug-likeness (QED) is 0.591. The van der Waals surface area contributed by atoms with Gasteiger partial charge in [-0.05, 0) is 36.6 Å². The maximum atomic E-state index is 13.1. The zero-order valence-electron chi connectivity index (χ0n) is 18.2. The van der Waals surface area contributed by atoms with Crippen LogP contribution in [0.5, 0.6) is 5.75 Å². The number of aryl methyl sites for hydroxylation is 1. The number of hydrogen-bond donors (Lipinski definition) is 2. The van der Waals surface area contributed by atoms with Crippen LogP contribution < -0.4 is 15.0 Å². The number of nitrogens with one attached hydrogen (secondary N) is 1. The number of carbonyl (C=O) groups excluding carboxylic acids is 1. The highest BCUT2D eigenvalue weighted by atomic mass is 19.4. The van der Waals surface area contributed by atoms with Crippen molar-refractivity contribution >= 4 is 17.6 Å². The number of hydrogen-bond acceptors (Lipinski definition) is 4. The lowest BCUT2D eigenvalue weighted by Crippen LogP contribution is -2.42. The first-order valence-electron chi connectivity index (χ1n) is 10.6. The summed E-state index contributed by atoms with van der Waals surface area (Å²) in [6, 6.07) is 11.3. The number of rotatable bonds is 3. The second-order valence-electron chi connectivity index (χ2n) is 7.90. The number of carboxylic acid groups (broad SMARTS) is 1. The number of carboxylic acids is 1. The molecule has 1 atom stereocenters. The third-order valence-corrected chi connectivity index (χ3v) is 5.53. The second-order valence-corrected chi connectivity index (χ2v) is 7.90. The molecule has 2 aliphatic heterocycles. The fraction of sp³-hybridized carbons (Fsp3) is 0.391. The van der Waals surface area contributed by atoms with Crippen LogP contribution in [0.3, 0.4) is 0 Å². The predicted octanol–water partition coefficient (Wildman–Crippen LogP) is 4.73. The number of anilines is 1. The Bertz CT molecular complexity index is 1070. The summed E-state index contributed by atoms with van der Waals surface area (Å²) in [5, 5.41) is 10.4. The third kappa shape index (κ3) is 6.65. The van der Waals surface area contributed by atoms with E-state index in [9.17, 15) is 31.1 Å².